The Labute approximate surface area is 162 Å². The van der Waals surface area contributed by atoms with Crippen molar-refractivity contribution < 1.29 is 9.59 Å². The first-order valence-corrected chi connectivity index (χ1v) is 10.5. The first kappa shape index (κ1) is 18.7. The van der Waals surface area contributed by atoms with Crippen molar-refractivity contribution in [3.8, 4) is 0 Å². The van der Waals surface area contributed by atoms with E-state index in [0.717, 1.165) is 25.3 Å². The van der Waals surface area contributed by atoms with E-state index in [1.54, 1.807) is 0 Å². The fourth-order valence-corrected chi connectivity index (χ4v) is 6.07. The number of carbonyl (C=O) groups excluding carboxylic acids is 2. The largest absolute Gasteiger partial charge is 0.366 e. The topological polar surface area (TPSA) is 63.4 Å². The number of benzene rings is 1. The van der Waals surface area contributed by atoms with Gasteiger partial charge in [0.05, 0.1) is 0 Å². The molecule has 2 saturated carbocycles. The van der Waals surface area contributed by atoms with Gasteiger partial charge in [-0.05, 0) is 88.1 Å². The SMILES string of the molecule is Cc1ccc(C(N)=O)cc1[C@]12CCN([C@H](C)C3CC3)[C@H](C)[C@@H]1CCC(=O)C2. The van der Waals surface area contributed by atoms with Gasteiger partial charge >= 0.3 is 0 Å². The number of nitrogens with zero attached hydrogens (tertiary/aromatic N) is 1. The molecule has 2 N–H and O–H groups in total. The van der Waals surface area contributed by atoms with Gasteiger partial charge in [0.1, 0.15) is 5.78 Å². The molecule has 2 aliphatic carbocycles. The molecule has 0 bridgehead atoms. The van der Waals surface area contributed by atoms with Crippen molar-refractivity contribution >= 4 is 11.7 Å². The highest BCUT2D eigenvalue weighted by atomic mass is 16.1. The van der Waals surface area contributed by atoms with Crippen molar-refractivity contribution in [2.75, 3.05) is 6.54 Å². The number of aryl methyl sites for hydroxylation is 1. The third-order valence-electron chi connectivity index (χ3n) is 7.76. The Kier molecular flexibility index (Phi) is 4.66. The molecule has 1 aromatic rings. The summed E-state index contributed by atoms with van der Waals surface area (Å²) < 4.78 is 0. The molecule has 0 aromatic heterocycles. The first-order chi connectivity index (χ1) is 12.8. The van der Waals surface area contributed by atoms with E-state index >= 15 is 0 Å². The molecule has 4 heteroatoms. The zero-order valence-electron chi connectivity index (χ0n) is 16.8. The monoisotopic (exact) mass is 368 g/mol. The van der Waals surface area contributed by atoms with Crippen molar-refractivity contribution in [2.45, 2.75) is 76.8 Å². The Hall–Kier alpha value is -1.68. The summed E-state index contributed by atoms with van der Waals surface area (Å²) in [4.78, 5) is 27.1. The molecule has 1 saturated heterocycles. The van der Waals surface area contributed by atoms with Crippen LogP contribution in [0.2, 0.25) is 0 Å². The van der Waals surface area contributed by atoms with Crippen LogP contribution in [0.5, 0.6) is 0 Å². The van der Waals surface area contributed by atoms with E-state index < -0.39 is 0 Å². The van der Waals surface area contributed by atoms with E-state index in [9.17, 15) is 9.59 Å². The summed E-state index contributed by atoms with van der Waals surface area (Å²) in [6.45, 7) is 7.88. The second kappa shape index (κ2) is 6.73. The molecule has 4 nitrogen and oxygen atoms in total. The van der Waals surface area contributed by atoms with E-state index in [-0.39, 0.29) is 11.3 Å². The molecule has 1 amide bonds. The number of rotatable bonds is 4. The Morgan fingerprint density at radius 1 is 1.30 bits per heavy atom. The fraction of sp³-hybridized carbons (Fsp3) is 0.652. The normalized spacial score (nSPS) is 32.8. The van der Waals surface area contributed by atoms with Crippen LogP contribution in [0.3, 0.4) is 0 Å². The molecule has 0 radical (unpaired) electrons. The van der Waals surface area contributed by atoms with Crippen LogP contribution in [-0.4, -0.2) is 35.2 Å². The van der Waals surface area contributed by atoms with Gasteiger partial charge in [-0.1, -0.05) is 6.07 Å². The van der Waals surface area contributed by atoms with E-state index in [2.05, 4.69) is 25.7 Å². The highest BCUT2D eigenvalue weighted by Crippen LogP contribution is 2.52. The molecule has 3 fully saturated rings. The molecule has 0 spiro atoms. The van der Waals surface area contributed by atoms with Crippen LogP contribution in [0.25, 0.3) is 0 Å². The predicted octanol–water partition coefficient (Wildman–Crippen LogP) is 3.59. The third-order valence-corrected chi connectivity index (χ3v) is 7.76. The zero-order chi connectivity index (χ0) is 19.3. The van der Waals surface area contributed by atoms with Crippen LogP contribution < -0.4 is 5.73 Å². The molecule has 146 valence electrons. The summed E-state index contributed by atoms with van der Waals surface area (Å²) in [6.07, 6.45) is 5.96. The van der Waals surface area contributed by atoms with E-state index in [4.69, 9.17) is 5.73 Å². The van der Waals surface area contributed by atoms with Crippen molar-refractivity contribution in [3.05, 3.63) is 34.9 Å². The van der Waals surface area contributed by atoms with Crippen molar-refractivity contribution in [2.24, 2.45) is 17.6 Å². The molecule has 3 aliphatic rings. The van der Waals surface area contributed by atoms with Crippen molar-refractivity contribution in [1.29, 1.82) is 0 Å². The second-order valence-corrected chi connectivity index (χ2v) is 9.22. The summed E-state index contributed by atoms with van der Waals surface area (Å²) in [5, 5.41) is 0. The number of carbonyl (C=O) groups is 2. The number of likely N-dealkylation sites (tertiary alicyclic amines) is 1. The van der Waals surface area contributed by atoms with E-state index in [1.807, 2.05) is 18.2 Å². The van der Waals surface area contributed by atoms with Crippen molar-refractivity contribution in [1.82, 2.24) is 4.90 Å². The van der Waals surface area contributed by atoms with Crippen LogP contribution >= 0.6 is 0 Å². The minimum Gasteiger partial charge on any atom is -0.366 e. The molecule has 1 aliphatic heterocycles. The Morgan fingerprint density at radius 3 is 2.70 bits per heavy atom. The van der Waals surface area contributed by atoms with Crippen LogP contribution in [0.1, 0.15) is 73.9 Å². The lowest BCUT2D eigenvalue weighted by molar-refractivity contribution is -0.127. The maximum absolute atomic E-state index is 12.6. The lowest BCUT2D eigenvalue weighted by atomic mass is 9.55. The summed E-state index contributed by atoms with van der Waals surface area (Å²) in [5.74, 6) is 1.28. The van der Waals surface area contributed by atoms with Crippen LogP contribution in [0, 0.1) is 18.8 Å². The quantitative estimate of drug-likeness (QED) is 0.883. The highest BCUT2D eigenvalue weighted by Gasteiger charge is 2.53. The van der Waals surface area contributed by atoms with Gasteiger partial charge in [0.2, 0.25) is 5.91 Å². The summed E-state index contributed by atoms with van der Waals surface area (Å²) in [6, 6.07) is 6.89. The highest BCUT2D eigenvalue weighted by molar-refractivity contribution is 5.93. The van der Waals surface area contributed by atoms with E-state index in [1.165, 1.54) is 24.0 Å². The lowest BCUT2D eigenvalue weighted by Gasteiger charge is -2.56. The molecular weight excluding hydrogens is 336 g/mol. The number of nitrogens with two attached hydrogens (primary N) is 1. The number of hydrogen-bond acceptors (Lipinski definition) is 3. The molecule has 27 heavy (non-hydrogen) atoms. The van der Waals surface area contributed by atoms with Gasteiger partial charge in [-0.25, -0.2) is 0 Å². The number of fused-ring (bicyclic) bond motifs is 1. The van der Waals surface area contributed by atoms with Gasteiger partial charge in [0.25, 0.3) is 0 Å². The van der Waals surface area contributed by atoms with Crippen LogP contribution in [0.15, 0.2) is 18.2 Å². The van der Waals surface area contributed by atoms with Gasteiger partial charge in [-0.2, -0.15) is 0 Å². The zero-order valence-corrected chi connectivity index (χ0v) is 16.8. The van der Waals surface area contributed by atoms with Gasteiger partial charge < -0.3 is 5.73 Å². The molecule has 4 atom stereocenters. The van der Waals surface area contributed by atoms with Crippen LogP contribution in [-0.2, 0) is 10.2 Å². The average molecular weight is 369 g/mol. The Morgan fingerprint density at radius 2 is 2.04 bits per heavy atom. The van der Waals surface area contributed by atoms with Crippen LogP contribution in [0.4, 0.5) is 0 Å². The summed E-state index contributed by atoms with van der Waals surface area (Å²) >= 11 is 0. The minimum atomic E-state index is -0.390. The standard InChI is InChI=1S/C23H32N2O2/c1-14-4-5-18(22(24)27)12-21(14)23-10-11-25(15(2)17-6-7-17)16(3)20(23)9-8-19(26)13-23/h4-5,12,15-17,20H,6-11,13H2,1-3H3,(H2,24,27)/t15-,16-,20+,23+/m1/s1. The number of ketones is 1. The predicted molar refractivity (Wildman–Crippen MR) is 107 cm³/mol. The number of hydrogen-bond donors (Lipinski definition) is 1. The average Bonchev–Trinajstić information content (AvgIpc) is 3.46. The first-order valence-electron chi connectivity index (χ1n) is 10.5. The number of piperidine rings is 1. The van der Waals surface area contributed by atoms with E-state index in [0.29, 0.717) is 42.2 Å². The molecule has 1 aromatic carbocycles. The van der Waals surface area contributed by atoms with Gasteiger partial charge in [-0.15, -0.1) is 0 Å². The Balaban J connectivity index is 1.75. The third kappa shape index (κ3) is 3.12. The maximum Gasteiger partial charge on any atom is 0.248 e. The molecule has 0 unspecified atom stereocenters. The molecular formula is C23H32N2O2. The molecule has 4 rings (SSSR count). The van der Waals surface area contributed by atoms with Gasteiger partial charge in [0, 0.05) is 35.9 Å². The second-order valence-electron chi connectivity index (χ2n) is 9.22. The smallest absolute Gasteiger partial charge is 0.248 e. The summed E-state index contributed by atoms with van der Waals surface area (Å²) in [7, 11) is 0. The van der Waals surface area contributed by atoms with Crippen molar-refractivity contribution in [3.63, 3.8) is 0 Å². The Bertz CT molecular complexity index is 770. The number of Topliss-reactive ketones (excluding diaryl/α,β-unsaturated/α-hetero) is 1. The van der Waals surface area contributed by atoms with Gasteiger partial charge in [-0.3, -0.25) is 14.5 Å². The number of primary amides is 1. The maximum atomic E-state index is 12.6. The lowest BCUT2D eigenvalue weighted by Crippen LogP contribution is -2.60. The van der Waals surface area contributed by atoms with Gasteiger partial charge in [0.15, 0.2) is 0 Å². The minimum absolute atomic E-state index is 0.149. The molecule has 1 heterocycles. The number of amides is 1. The summed E-state index contributed by atoms with van der Waals surface area (Å²) in [5.41, 5.74) is 8.34. The fourth-order valence-electron chi connectivity index (χ4n) is 6.07.